The Morgan fingerprint density at radius 1 is 0.760 bits per heavy atom. The quantitative estimate of drug-likeness (QED) is 0.714. The van der Waals surface area contributed by atoms with E-state index in [-0.39, 0.29) is 5.91 Å². The predicted molar refractivity (Wildman–Crippen MR) is 105 cm³/mol. The van der Waals surface area contributed by atoms with Crippen LogP contribution in [0.15, 0.2) is 12.2 Å². The molecule has 0 heterocycles. The van der Waals surface area contributed by atoms with Gasteiger partial charge in [0.15, 0.2) is 0 Å². The molecule has 3 fully saturated rings. The molecule has 3 nitrogen and oxygen atoms in total. The highest BCUT2D eigenvalue weighted by atomic mass is 16.1. The predicted octanol–water partition coefficient (Wildman–Crippen LogP) is 4.96. The summed E-state index contributed by atoms with van der Waals surface area (Å²) >= 11 is 0. The molecule has 3 rings (SSSR count). The van der Waals surface area contributed by atoms with Gasteiger partial charge in [0.05, 0.1) is 0 Å². The van der Waals surface area contributed by atoms with Gasteiger partial charge >= 0.3 is 0 Å². The Kier molecular flexibility index (Phi) is 6.98. The number of hydrogen-bond acceptors (Lipinski definition) is 2. The maximum absolute atomic E-state index is 11.9. The minimum Gasteiger partial charge on any atom is -0.350 e. The lowest BCUT2D eigenvalue weighted by molar-refractivity contribution is -0.118. The second-order valence-corrected chi connectivity index (χ2v) is 8.79. The Bertz CT molecular complexity index is 423. The third-order valence-corrected chi connectivity index (χ3v) is 6.83. The van der Waals surface area contributed by atoms with Gasteiger partial charge < -0.3 is 5.32 Å². The van der Waals surface area contributed by atoms with Gasteiger partial charge in [-0.2, -0.15) is 0 Å². The van der Waals surface area contributed by atoms with E-state index < -0.39 is 0 Å². The van der Waals surface area contributed by atoms with Gasteiger partial charge in [0.2, 0.25) is 5.91 Å². The molecule has 0 saturated heterocycles. The number of carbonyl (C=O) groups excluding carboxylic acids is 1. The van der Waals surface area contributed by atoms with Crippen LogP contribution in [0, 0.1) is 0 Å². The van der Waals surface area contributed by atoms with Gasteiger partial charge in [-0.25, -0.2) is 0 Å². The van der Waals surface area contributed by atoms with Gasteiger partial charge in [-0.1, -0.05) is 45.1 Å². The molecular formula is C22H38N2O. The van der Waals surface area contributed by atoms with Crippen molar-refractivity contribution in [3.63, 3.8) is 0 Å². The first kappa shape index (κ1) is 18.9. The van der Waals surface area contributed by atoms with Crippen LogP contribution in [-0.4, -0.2) is 35.0 Å². The van der Waals surface area contributed by atoms with Crippen molar-refractivity contribution < 1.29 is 4.79 Å². The van der Waals surface area contributed by atoms with Gasteiger partial charge in [-0.15, -0.1) is 0 Å². The molecule has 0 unspecified atom stereocenters. The van der Waals surface area contributed by atoms with Gasteiger partial charge in [0, 0.05) is 29.7 Å². The molecule has 0 atom stereocenters. The highest BCUT2D eigenvalue weighted by Gasteiger charge is 2.36. The summed E-state index contributed by atoms with van der Waals surface area (Å²) in [5.41, 5.74) is 0.633. The zero-order valence-electron chi connectivity index (χ0n) is 16.3. The number of carbonyl (C=O) groups is 1. The topological polar surface area (TPSA) is 32.3 Å². The molecular weight excluding hydrogens is 308 g/mol. The third-order valence-electron chi connectivity index (χ3n) is 6.83. The Labute approximate surface area is 154 Å². The Balaban J connectivity index is 1.59. The van der Waals surface area contributed by atoms with Crippen molar-refractivity contribution in [1.29, 1.82) is 0 Å². The van der Waals surface area contributed by atoms with Gasteiger partial charge in [0.1, 0.15) is 0 Å². The van der Waals surface area contributed by atoms with Crippen LogP contribution in [0.2, 0.25) is 0 Å². The van der Waals surface area contributed by atoms with E-state index in [4.69, 9.17) is 0 Å². The molecule has 3 saturated carbocycles. The summed E-state index contributed by atoms with van der Waals surface area (Å²) < 4.78 is 0. The second kappa shape index (κ2) is 9.21. The van der Waals surface area contributed by atoms with Crippen molar-refractivity contribution in [2.75, 3.05) is 0 Å². The molecule has 0 aromatic carbocycles. The van der Waals surface area contributed by atoms with Crippen molar-refractivity contribution >= 4 is 5.91 Å². The first-order valence-corrected chi connectivity index (χ1v) is 10.9. The van der Waals surface area contributed by atoms with E-state index in [9.17, 15) is 4.79 Å². The van der Waals surface area contributed by atoms with E-state index in [0.29, 0.717) is 11.6 Å². The first-order valence-electron chi connectivity index (χ1n) is 10.9. The first-order chi connectivity index (χ1) is 12.1. The van der Waals surface area contributed by atoms with Crippen LogP contribution in [0.4, 0.5) is 0 Å². The Hall–Kier alpha value is -0.830. The van der Waals surface area contributed by atoms with Crippen LogP contribution in [0.25, 0.3) is 0 Å². The average Bonchev–Trinajstić information content (AvgIpc) is 2.65. The fourth-order valence-electron chi connectivity index (χ4n) is 5.48. The lowest BCUT2D eigenvalue weighted by Crippen LogP contribution is -2.53. The number of nitrogens with one attached hydrogen (secondary N) is 1. The fraction of sp³-hybridized carbons (Fsp3) is 0.864. The van der Waals surface area contributed by atoms with Gasteiger partial charge in [-0.05, 0) is 58.3 Å². The minimum absolute atomic E-state index is 0.0415. The molecule has 0 spiro atoms. The van der Waals surface area contributed by atoms with Crippen LogP contribution in [0.1, 0.15) is 96.8 Å². The smallest absolute Gasteiger partial charge is 0.246 e. The molecule has 0 aromatic heterocycles. The van der Waals surface area contributed by atoms with Crippen LogP contribution in [-0.2, 0) is 4.79 Å². The van der Waals surface area contributed by atoms with Crippen LogP contribution in [0.5, 0.6) is 0 Å². The molecule has 1 N–H and O–H groups in total. The molecule has 1 amide bonds. The van der Waals surface area contributed by atoms with Crippen LogP contribution in [0.3, 0.4) is 0 Å². The van der Waals surface area contributed by atoms with Gasteiger partial charge in [-0.3, -0.25) is 9.69 Å². The largest absolute Gasteiger partial charge is 0.350 e. The summed E-state index contributed by atoms with van der Waals surface area (Å²) in [4.78, 5) is 14.9. The number of nitrogens with zero attached hydrogens (tertiary/aromatic N) is 1. The van der Waals surface area contributed by atoms with Crippen molar-refractivity contribution in [2.24, 2.45) is 0 Å². The minimum atomic E-state index is 0.0415. The summed E-state index contributed by atoms with van der Waals surface area (Å²) in [6, 6.07) is 2.79. The standard InChI is InChI=1S/C22H38N2O/c1-17(2)22(25)23-18-13-15-21(16-14-18)24(19-9-5-3-6-10-19)20-11-7-4-8-12-20/h18-21H,1,3-16H2,2H3,(H,23,25). The van der Waals surface area contributed by atoms with Crippen LogP contribution >= 0.6 is 0 Å². The van der Waals surface area contributed by atoms with Crippen molar-refractivity contribution in [3.05, 3.63) is 12.2 Å². The van der Waals surface area contributed by atoms with Gasteiger partial charge in [0.25, 0.3) is 0 Å². The normalized spacial score (nSPS) is 29.5. The number of hydrogen-bond donors (Lipinski definition) is 1. The summed E-state index contributed by atoms with van der Waals surface area (Å²) in [5.74, 6) is 0.0415. The lowest BCUT2D eigenvalue weighted by Gasteiger charge is -2.48. The Morgan fingerprint density at radius 2 is 1.20 bits per heavy atom. The molecule has 25 heavy (non-hydrogen) atoms. The third kappa shape index (κ3) is 5.09. The Morgan fingerprint density at radius 3 is 1.64 bits per heavy atom. The number of amides is 1. The monoisotopic (exact) mass is 346 g/mol. The molecule has 0 aliphatic heterocycles. The van der Waals surface area contributed by atoms with Crippen molar-refractivity contribution in [1.82, 2.24) is 10.2 Å². The molecule has 3 aliphatic rings. The highest BCUT2D eigenvalue weighted by Crippen LogP contribution is 2.36. The zero-order valence-corrected chi connectivity index (χ0v) is 16.3. The van der Waals surface area contributed by atoms with E-state index >= 15 is 0 Å². The maximum Gasteiger partial charge on any atom is 0.246 e. The summed E-state index contributed by atoms with van der Waals surface area (Å²) in [7, 11) is 0. The molecule has 0 radical (unpaired) electrons. The molecule has 3 aliphatic carbocycles. The number of rotatable bonds is 5. The van der Waals surface area contributed by atoms with E-state index in [1.54, 1.807) is 6.92 Å². The molecule has 3 heteroatoms. The molecule has 142 valence electrons. The fourth-order valence-corrected chi connectivity index (χ4v) is 5.48. The van der Waals surface area contributed by atoms with E-state index in [1.165, 1.54) is 77.0 Å². The summed E-state index contributed by atoms with van der Waals surface area (Å²) in [6.45, 7) is 5.57. The van der Waals surface area contributed by atoms with E-state index in [1.807, 2.05) is 0 Å². The summed E-state index contributed by atoms with van der Waals surface area (Å²) in [5, 5.41) is 3.18. The van der Waals surface area contributed by atoms with Crippen LogP contribution < -0.4 is 5.32 Å². The van der Waals surface area contributed by atoms with E-state index in [2.05, 4.69) is 16.8 Å². The SMILES string of the molecule is C=C(C)C(=O)NC1CCC(N(C2CCCCC2)C2CCCCC2)CC1. The van der Waals surface area contributed by atoms with Crippen molar-refractivity contribution in [2.45, 2.75) is 121 Å². The van der Waals surface area contributed by atoms with E-state index in [0.717, 1.165) is 31.0 Å². The van der Waals surface area contributed by atoms with Crippen molar-refractivity contribution in [3.8, 4) is 0 Å². The zero-order chi connectivity index (χ0) is 17.6. The molecule has 0 aromatic rings. The average molecular weight is 347 g/mol. The summed E-state index contributed by atoms with van der Waals surface area (Å²) in [6.07, 6.45) is 19.1. The highest BCUT2D eigenvalue weighted by molar-refractivity contribution is 5.92. The second-order valence-electron chi connectivity index (χ2n) is 8.79. The lowest BCUT2D eigenvalue weighted by atomic mass is 9.83. The maximum atomic E-state index is 11.9. The molecule has 0 bridgehead atoms.